The second-order valence-corrected chi connectivity index (χ2v) is 7.86. The molecule has 6 heteroatoms. The number of carbonyl (C=O) groups is 1. The van der Waals surface area contributed by atoms with Crippen LogP contribution in [-0.2, 0) is 11.3 Å². The fourth-order valence-electron chi connectivity index (χ4n) is 3.26. The van der Waals surface area contributed by atoms with Gasteiger partial charge in [0.15, 0.2) is 0 Å². The molecule has 0 radical (unpaired) electrons. The minimum atomic E-state index is 0.236. The molecule has 1 amide bonds. The molecule has 0 spiro atoms. The maximum Gasteiger partial charge on any atom is 0.222 e. The number of nitrogens with zero attached hydrogens (tertiary/aromatic N) is 4. The van der Waals surface area contributed by atoms with Crippen LogP contribution in [0.5, 0.6) is 0 Å². The summed E-state index contributed by atoms with van der Waals surface area (Å²) < 4.78 is 2.25. The summed E-state index contributed by atoms with van der Waals surface area (Å²) >= 11 is 0. The lowest BCUT2D eigenvalue weighted by molar-refractivity contribution is -0.130. The fourth-order valence-corrected chi connectivity index (χ4v) is 3.26. The Balaban J connectivity index is 1.60. The Kier molecular flexibility index (Phi) is 5.94. The average Bonchev–Trinajstić information content (AvgIpc) is 3.29. The van der Waals surface area contributed by atoms with Crippen molar-refractivity contribution < 1.29 is 4.79 Å². The fraction of sp³-hybridized carbons (Fsp3) is 0.476. The maximum absolute atomic E-state index is 12.1. The van der Waals surface area contributed by atoms with Gasteiger partial charge in [-0.1, -0.05) is 20.8 Å². The van der Waals surface area contributed by atoms with Crippen molar-refractivity contribution in [2.75, 3.05) is 13.6 Å². The first-order chi connectivity index (χ1) is 12.9. The van der Waals surface area contributed by atoms with Gasteiger partial charge in [0.2, 0.25) is 5.91 Å². The second kappa shape index (κ2) is 8.37. The van der Waals surface area contributed by atoms with Crippen LogP contribution < -0.4 is 0 Å². The monoisotopic (exact) mass is 367 g/mol. The number of nitrogens with one attached hydrogen (secondary N) is 1. The molecule has 1 N–H and O–H groups in total. The second-order valence-electron chi connectivity index (χ2n) is 7.86. The average molecular weight is 367 g/mol. The highest BCUT2D eigenvalue weighted by Gasteiger charge is 2.13. The zero-order valence-electron chi connectivity index (χ0n) is 16.6. The van der Waals surface area contributed by atoms with Crippen LogP contribution in [0.15, 0.2) is 36.8 Å². The molecule has 1 unspecified atom stereocenters. The predicted molar refractivity (Wildman–Crippen MR) is 108 cm³/mol. The van der Waals surface area contributed by atoms with Gasteiger partial charge in [-0.3, -0.25) is 9.89 Å². The zero-order chi connectivity index (χ0) is 19.4. The van der Waals surface area contributed by atoms with E-state index in [9.17, 15) is 4.79 Å². The molecule has 0 aliphatic rings. The molecule has 0 aliphatic carbocycles. The topological polar surface area (TPSA) is 66.8 Å². The normalized spacial score (nSPS) is 12.6. The van der Waals surface area contributed by atoms with E-state index in [0.29, 0.717) is 18.3 Å². The van der Waals surface area contributed by atoms with Gasteiger partial charge in [0.05, 0.1) is 22.9 Å². The smallest absolute Gasteiger partial charge is 0.222 e. The molecule has 3 aromatic rings. The van der Waals surface area contributed by atoms with Gasteiger partial charge in [-0.2, -0.15) is 5.10 Å². The Labute approximate surface area is 160 Å². The quantitative estimate of drug-likeness (QED) is 0.655. The lowest BCUT2D eigenvalue weighted by Gasteiger charge is -2.21. The van der Waals surface area contributed by atoms with Crippen molar-refractivity contribution in [3.8, 4) is 11.3 Å². The van der Waals surface area contributed by atoms with Gasteiger partial charge in [-0.15, -0.1) is 0 Å². The third-order valence-electron chi connectivity index (χ3n) is 4.89. The van der Waals surface area contributed by atoms with Gasteiger partial charge >= 0.3 is 0 Å². The summed E-state index contributed by atoms with van der Waals surface area (Å²) in [6.07, 6.45) is 7.34. The Morgan fingerprint density at radius 3 is 2.78 bits per heavy atom. The molecule has 0 aromatic carbocycles. The third kappa shape index (κ3) is 4.76. The first kappa shape index (κ1) is 19.1. The molecule has 144 valence electrons. The number of amides is 1. The number of fused-ring (bicyclic) bond motifs is 1. The van der Waals surface area contributed by atoms with Gasteiger partial charge in [-0.05, 0) is 36.5 Å². The molecule has 3 heterocycles. The van der Waals surface area contributed by atoms with Crippen molar-refractivity contribution in [1.82, 2.24) is 24.6 Å². The first-order valence-electron chi connectivity index (χ1n) is 9.63. The Bertz CT molecular complexity index is 881. The van der Waals surface area contributed by atoms with Gasteiger partial charge in [0, 0.05) is 44.5 Å². The van der Waals surface area contributed by atoms with Gasteiger partial charge in [-0.25, -0.2) is 4.98 Å². The minimum Gasteiger partial charge on any atom is -0.346 e. The van der Waals surface area contributed by atoms with E-state index in [-0.39, 0.29) is 5.91 Å². The molecule has 0 saturated carbocycles. The van der Waals surface area contributed by atoms with Crippen LogP contribution >= 0.6 is 0 Å². The summed E-state index contributed by atoms with van der Waals surface area (Å²) in [6, 6.07) is 6.21. The van der Waals surface area contributed by atoms with Crippen LogP contribution in [-0.4, -0.2) is 44.1 Å². The van der Waals surface area contributed by atoms with E-state index < -0.39 is 0 Å². The summed E-state index contributed by atoms with van der Waals surface area (Å²) in [6.45, 7) is 8.12. The first-order valence-corrected chi connectivity index (χ1v) is 9.63. The van der Waals surface area contributed by atoms with Crippen LogP contribution in [0, 0.1) is 11.8 Å². The Morgan fingerprint density at radius 1 is 1.26 bits per heavy atom. The van der Waals surface area contributed by atoms with Gasteiger partial charge in [0.1, 0.15) is 0 Å². The summed E-state index contributed by atoms with van der Waals surface area (Å²) in [4.78, 5) is 18.7. The molecule has 6 nitrogen and oxygen atoms in total. The SMILES string of the molecule is CC(C)CC(=O)N(C)CCC(C)Cn1ccc2nc(-c3cn[nH]c3)ccc21. The molecule has 0 saturated heterocycles. The molecule has 0 aliphatic heterocycles. The van der Waals surface area contributed by atoms with Crippen molar-refractivity contribution in [3.05, 3.63) is 36.8 Å². The summed E-state index contributed by atoms with van der Waals surface area (Å²) in [5, 5.41) is 6.81. The van der Waals surface area contributed by atoms with Crippen LogP contribution in [0.2, 0.25) is 0 Å². The summed E-state index contributed by atoms with van der Waals surface area (Å²) in [5.41, 5.74) is 4.04. The van der Waals surface area contributed by atoms with E-state index in [1.165, 1.54) is 0 Å². The van der Waals surface area contributed by atoms with E-state index in [1.807, 2.05) is 24.2 Å². The molecule has 27 heavy (non-hydrogen) atoms. The van der Waals surface area contributed by atoms with E-state index in [4.69, 9.17) is 4.98 Å². The molecule has 0 fully saturated rings. The van der Waals surface area contributed by atoms with Crippen molar-refractivity contribution in [3.63, 3.8) is 0 Å². The van der Waals surface area contributed by atoms with Crippen LogP contribution in [0.3, 0.4) is 0 Å². The predicted octanol–water partition coefficient (Wildman–Crippen LogP) is 3.96. The van der Waals surface area contributed by atoms with Gasteiger partial charge < -0.3 is 9.47 Å². The molecule has 3 aromatic heterocycles. The maximum atomic E-state index is 12.1. The minimum absolute atomic E-state index is 0.236. The molecule has 0 bridgehead atoms. The number of aromatic nitrogens is 4. The summed E-state index contributed by atoms with van der Waals surface area (Å²) in [5.74, 6) is 1.12. The standard InChI is InChI=1S/C21H29N5O/c1-15(2)11-21(27)25(4)9-7-16(3)14-26-10-8-19-20(26)6-5-18(24-19)17-12-22-23-13-17/h5-6,8,10,12-13,15-16H,7,9,11,14H2,1-4H3,(H,22,23). The van der Waals surface area contributed by atoms with Crippen molar-refractivity contribution in [1.29, 1.82) is 0 Å². The number of H-pyrrole nitrogens is 1. The highest BCUT2D eigenvalue weighted by molar-refractivity contribution is 5.79. The molecule has 3 rings (SSSR count). The lowest BCUT2D eigenvalue weighted by Crippen LogP contribution is -2.29. The largest absolute Gasteiger partial charge is 0.346 e. The highest BCUT2D eigenvalue weighted by Crippen LogP contribution is 2.22. The van der Waals surface area contributed by atoms with Crippen molar-refractivity contribution in [2.24, 2.45) is 11.8 Å². The van der Waals surface area contributed by atoms with Crippen LogP contribution in [0.1, 0.15) is 33.6 Å². The number of hydrogen-bond acceptors (Lipinski definition) is 3. The highest BCUT2D eigenvalue weighted by atomic mass is 16.2. The number of aromatic amines is 1. The molecular weight excluding hydrogens is 338 g/mol. The number of hydrogen-bond donors (Lipinski definition) is 1. The number of rotatable bonds is 8. The summed E-state index contributed by atoms with van der Waals surface area (Å²) in [7, 11) is 1.91. The van der Waals surface area contributed by atoms with E-state index in [2.05, 4.69) is 53.9 Å². The van der Waals surface area contributed by atoms with E-state index in [1.54, 1.807) is 6.20 Å². The molecular formula is C21H29N5O. The zero-order valence-corrected chi connectivity index (χ0v) is 16.6. The van der Waals surface area contributed by atoms with E-state index in [0.717, 1.165) is 41.8 Å². The van der Waals surface area contributed by atoms with Gasteiger partial charge in [0.25, 0.3) is 0 Å². The van der Waals surface area contributed by atoms with Crippen molar-refractivity contribution >= 4 is 16.9 Å². The molecule has 1 atom stereocenters. The van der Waals surface area contributed by atoms with Crippen LogP contribution in [0.4, 0.5) is 0 Å². The van der Waals surface area contributed by atoms with E-state index >= 15 is 0 Å². The number of pyridine rings is 1. The third-order valence-corrected chi connectivity index (χ3v) is 4.89. The van der Waals surface area contributed by atoms with Crippen molar-refractivity contribution in [2.45, 2.75) is 40.2 Å². The Morgan fingerprint density at radius 2 is 2.07 bits per heavy atom. The lowest BCUT2D eigenvalue weighted by atomic mass is 10.1. The Hall–Kier alpha value is -2.63. The number of carbonyl (C=O) groups excluding carboxylic acids is 1. The van der Waals surface area contributed by atoms with Crippen LogP contribution in [0.25, 0.3) is 22.3 Å².